The Morgan fingerprint density at radius 2 is 1.74 bits per heavy atom. The minimum absolute atomic E-state index is 0.0599. The van der Waals surface area contributed by atoms with E-state index in [1.54, 1.807) is 0 Å². The lowest BCUT2D eigenvalue weighted by molar-refractivity contribution is -0.274. The summed E-state index contributed by atoms with van der Waals surface area (Å²) in [4.78, 5) is 27.2. The molecule has 1 saturated heterocycles. The number of rotatable bonds is 7. The Labute approximate surface area is 177 Å². The van der Waals surface area contributed by atoms with E-state index in [1.165, 1.54) is 24.1 Å². The Kier molecular flexibility index (Phi) is 6.84. The number of carbonyl (C=O) groups excluding carboxylic acids is 2. The van der Waals surface area contributed by atoms with E-state index in [9.17, 15) is 22.8 Å². The minimum atomic E-state index is -4.82. The normalized spacial score (nSPS) is 18.6. The predicted octanol–water partition coefficient (Wildman–Crippen LogP) is 3.95. The molecule has 0 spiro atoms. The van der Waals surface area contributed by atoms with Gasteiger partial charge in [0, 0.05) is 12.1 Å². The van der Waals surface area contributed by atoms with Crippen molar-refractivity contribution in [3.8, 4) is 5.75 Å². The molecule has 1 atom stereocenters. The van der Waals surface area contributed by atoms with Crippen LogP contribution in [0.1, 0.15) is 28.8 Å². The van der Waals surface area contributed by atoms with E-state index in [2.05, 4.69) is 4.74 Å². The van der Waals surface area contributed by atoms with Crippen LogP contribution in [0.4, 0.5) is 13.2 Å². The van der Waals surface area contributed by atoms with Gasteiger partial charge in [-0.2, -0.15) is 0 Å². The summed E-state index contributed by atoms with van der Waals surface area (Å²) < 4.78 is 51.6. The number of alkyl halides is 3. The molecule has 0 bridgehead atoms. The quantitative estimate of drug-likeness (QED) is 0.614. The van der Waals surface area contributed by atoms with Crippen LogP contribution in [-0.4, -0.2) is 48.9 Å². The lowest BCUT2D eigenvalue weighted by atomic mass is 9.96. The first-order valence-corrected chi connectivity index (χ1v) is 9.63. The Hall–Kier alpha value is -3.07. The second-order valence-corrected chi connectivity index (χ2v) is 7.13. The van der Waals surface area contributed by atoms with Gasteiger partial charge in [-0.25, -0.2) is 4.79 Å². The number of hydrogen-bond acceptors (Lipinski definition) is 5. The number of halogens is 3. The zero-order chi connectivity index (χ0) is 22.5. The number of likely N-dealkylation sites (tertiary alicyclic amines) is 1. The van der Waals surface area contributed by atoms with Crippen LogP contribution in [0, 0.1) is 0 Å². The molecular weight excluding hydrogens is 415 g/mol. The molecule has 2 aromatic rings. The lowest BCUT2D eigenvalue weighted by Gasteiger charge is -2.35. The molecule has 1 fully saturated rings. The largest absolute Gasteiger partial charge is 0.573 e. The molecular formula is C22H22F3NO5. The highest BCUT2D eigenvalue weighted by Gasteiger charge is 2.51. The van der Waals surface area contributed by atoms with E-state index in [-0.39, 0.29) is 18.8 Å². The van der Waals surface area contributed by atoms with E-state index < -0.39 is 29.5 Å². The third-order valence-electron chi connectivity index (χ3n) is 5.09. The fourth-order valence-electron chi connectivity index (χ4n) is 3.65. The fourth-order valence-corrected chi connectivity index (χ4v) is 3.65. The van der Waals surface area contributed by atoms with Crippen LogP contribution < -0.4 is 4.74 Å². The summed E-state index contributed by atoms with van der Waals surface area (Å²) in [5.74, 6) is -1.52. The second-order valence-electron chi connectivity index (χ2n) is 7.13. The molecule has 3 rings (SSSR count). The number of ether oxygens (including phenoxy) is 3. The maximum atomic E-state index is 13.1. The molecule has 0 radical (unpaired) electrons. The van der Waals surface area contributed by atoms with Crippen LogP contribution in [0.15, 0.2) is 54.6 Å². The Balaban J connectivity index is 1.77. The number of methoxy groups -OCH3 is 1. The van der Waals surface area contributed by atoms with Gasteiger partial charge in [0.2, 0.25) is 0 Å². The molecule has 0 N–H and O–H groups in total. The van der Waals surface area contributed by atoms with Crippen LogP contribution in [0.2, 0.25) is 0 Å². The smallest absolute Gasteiger partial charge is 0.467 e. The molecule has 1 heterocycles. The highest BCUT2D eigenvalue weighted by atomic mass is 19.4. The standard InChI is InChI=1S/C22H22F3NO5/c1-29-20(28)21(15-30-14-16-6-3-2-4-7-16)12-5-13-26(21)19(27)17-8-10-18(11-9-17)31-22(23,24)25/h2-4,6-11H,5,12-15H2,1H3/t21-/m1/s1. The van der Waals surface area contributed by atoms with Gasteiger partial charge in [-0.1, -0.05) is 30.3 Å². The van der Waals surface area contributed by atoms with Gasteiger partial charge in [0.1, 0.15) is 5.75 Å². The predicted molar refractivity (Wildman–Crippen MR) is 104 cm³/mol. The number of esters is 1. The van der Waals surface area contributed by atoms with Gasteiger partial charge in [-0.05, 0) is 42.7 Å². The van der Waals surface area contributed by atoms with Gasteiger partial charge < -0.3 is 19.1 Å². The topological polar surface area (TPSA) is 65.1 Å². The third-order valence-corrected chi connectivity index (χ3v) is 5.09. The molecule has 0 aromatic heterocycles. The lowest BCUT2D eigenvalue weighted by Crippen LogP contribution is -2.56. The number of carbonyl (C=O) groups is 2. The van der Waals surface area contributed by atoms with E-state index in [0.29, 0.717) is 19.4 Å². The van der Waals surface area contributed by atoms with Crippen molar-refractivity contribution < 1.29 is 37.0 Å². The average Bonchev–Trinajstić information content (AvgIpc) is 3.18. The Morgan fingerprint density at radius 1 is 1.06 bits per heavy atom. The number of hydrogen-bond donors (Lipinski definition) is 0. The van der Waals surface area contributed by atoms with Gasteiger partial charge >= 0.3 is 12.3 Å². The zero-order valence-electron chi connectivity index (χ0n) is 16.9. The van der Waals surface area contributed by atoms with Crippen molar-refractivity contribution in [3.63, 3.8) is 0 Å². The first-order chi connectivity index (χ1) is 14.7. The van der Waals surface area contributed by atoms with Crippen molar-refractivity contribution in [2.45, 2.75) is 31.3 Å². The zero-order valence-corrected chi connectivity index (χ0v) is 16.9. The van der Waals surface area contributed by atoms with Gasteiger partial charge in [0.15, 0.2) is 5.54 Å². The summed E-state index contributed by atoms with van der Waals surface area (Å²) in [5.41, 5.74) is -0.256. The van der Waals surface area contributed by atoms with Crippen molar-refractivity contribution >= 4 is 11.9 Å². The summed E-state index contributed by atoms with van der Waals surface area (Å²) >= 11 is 0. The highest BCUT2D eigenvalue weighted by molar-refractivity contribution is 5.98. The maximum Gasteiger partial charge on any atom is 0.573 e. The van der Waals surface area contributed by atoms with E-state index in [1.807, 2.05) is 30.3 Å². The Morgan fingerprint density at radius 3 is 2.35 bits per heavy atom. The molecule has 0 unspecified atom stereocenters. The van der Waals surface area contributed by atoms with Crippen molar-refractivity contribution in [1.82, 2.24) is 4.90 Å². The van der Waals surface area contributed by atoms with E-state index in [0.717, 1.165) is 17.7 Å². The van der Waals surface area contributed by atoms with Crippen LogP contribution in [0.25, 0.3) is 0 Å². The Bertz CT molecular complexity index is 902. The van der Waals surface area contributed by atoms with Crippen LogP contribution in [0.5, 0.6) is 5.75 Å². The van der Waals surface area contributed by atoms with Crippen molar-refractivity contribution in [2.24, 2.45) is 0 Å². The van der Waals surface area contributed by atoms with Crippen molar-refractivity contribution in [2.75, 3.05) is 20.3 Å². The minimum Gasteiger partial charge on any atom is -0.467 e. The van der Waals surface area contributed by atoms with Crippen LogP contribution >= 0.6 is 0 Å². The van der Waals surface area contributed by atoms with Gasteiger partial charge in [0.05, 0.1) is 20.3 Å². The SMILES string of the molecule is COC(=O)[C@]1(COCc2ccccc2)CCCN1C(=O)c1ccc(OC(F)(F)F)cc1. The maximum absolute atomic E-state index is 13.1. The number of benzene rings is 2. The molecule has 1 aliphatic heterocycles. The molecule has 2 aromatic carbocycles. The molecule has 166 valence electrons. The van der Waals surface area contributed by atoms with Crippen molar-refractivity contribution in [1.29, 1.82) is 0 Å². The molecule has 1 amide bonds. The summed E-state index contributed by atoms with van der Waals surface area (Å²) in [6.45, 7) is 0.490. The average molecular weight is 437 g/mol. The van der Waals surface area contributed by atoms with Crippen LogP contribution in [0.3, 0.4) is 0 Å². The highest BCUT2D eigenvalue weighted by Crippen LogP contribution is 2.33. The molecule has 6 nitrogen and oxygen atoms in total. The first-order valence-electron chi connectivity index (χ1n) is 9.63. The fraction of sp³-hybridized carbons (Fsp3) is 0.364. The van der Waals surface area contributed by atoms with E-state index >= 15 is 0 Å². The molecule has 9 heteroatoms. The number of amides is 1. The van der Waals surface area contributed by atoms with Gasteiger partial charge in [-0.3, -0.25) is 4.79 Å². The van der Waals surface area contributed by atoms with Crippen molar-refractivity contribution in [3.05, 3.63) is 65.7 Å². The number of nitrogens with zero attached hydrogens (tertiary/aromatic N) is 1. The van der Waals surface area contributed by atoms with Gasteiger partial charge in [-0.15, -0.1) is 13.2 Å². The summed E-state index contributed by atoms with van der Waals surface area (Å²) in [6.07, 6.45) is -3.91. The first kappa shape index (κ1) is 22.6. The monoisotopic (exact) mass is 437 g/mol. The second kappa shape index (κ2) is 9.38. The molecule has 31 heavy (non-hydrogen) atoms. The summed E-state index contributed by atoms with van der Waals surface area (Å²) in [7, 11) is 1.24. The van der Waals surface area contributed by atoms with E-state index in [4.69, 9.17) is 9.47 Å². The molecule has 0 aliphatic carbocycles. The molecule has 1 aliphatic rings. The third kappa shape index (κ3) is 5.35. The van der Waals surface area contributed by atoms with Gasteiger partial charge in [0.25, 0.3) is 5.91 Å². The summed E-state index contributed by atoms with van der Waals surface area (Å²) in [5, 5.41) is 0. The van der Waals surface area contributed by atoms with Crippen LogP contribution in [-0.2, 0) is 20.9 Å². The molecule has 0 saturated carbocycles. The summed E-state index contributed by atoms with van der Waals surface area (Å²) in [6, 6.07) is 14.0.